The van der Waals surface area contributed by atoms with Crippen LogP contribution in [0.5, 0.6) is 0 Å². The third kappa shape index (κ3) is 7.28. The van der Waals surface area contributed by atoms with Gasteiger partial charge in [-0.1, -0.05) is 74.6 Å². The number of nitrogens with two attached hydrogens (primary N) is 1. The van der Waals surface area contributed by atoms with E-state index in [2.05, 4.69) is 53.8 Å². The summed E-state index contributed by atoms with van der Waals surface area (Å²) in [4.78, 5) is 0. The van der Waals surface area contributed by atoms with Crippen LogP contribution in [0, 0.1) is 6.04 Å². The molecule has 143 valence electrons. The molecule has 0 amide bonds. The van der Waals surface area contributed by atoms with Crippen LogP contribution in [0.25, 0.3) is 0 Å². The van der Waals surface area contributed by atoms with Gasteiger partial charge in [0.1, 0.15) is 0 Å². The fourth-order valence-electron chi connectivity index (χ4n) is 3.43. The van der Waals surface area contributed by atoms with E-state index in [0.717, 1.165) is 31.1 Å². The summed E-state index contributed by atoms with van der Waals surface area (Å²) in [5.74, 6) is 0.248. The molecule has 0 bridgehead atoms. The third-order valence-electron chi connectivity index (χ3n) is 4.99. The van der Waals surface area contributed by atoms with E-state index in [1.165, 1.54) is 50.5 Å². The summed E-state index contributed by atoms with van der Waals surface area (Å²) in [6.45, 7) is 5.12. The van der Waals surface area contributed by atoms with E-state index in [0.29, 0.717) is 0 Å². The van der Waals surface area contributed by atoms with Crippen molar-refractivity contribution in [2.24, 2.45) is 5.73 Å². The molecule has 1 aromatic heterocycles. The highest BCUT2D eigenvalue weighted by Crippen LogP contribution is 2.25. The fourth-order valence-corrected chi connectivity index (χ4v) is 3.43. The quantitative estimate of drug-likeness (QED) is 0.499. The Labute approximate surface area is 159 Å². The average molecular weight is 356 g/mol. The lowest BCUT2D eigenvalue weighted by Crippen LogP contribution is -2.16. The first kappa shape index (κ1) is 20.6. The fraction of sp³-hybridized carbons (Fsp3) is 0.591. The topological polar surface area (TPSA) is 56.7 Å². The van der Waals surface area contributed by atoms with Crippen LogP contribution in [0.1, 0.15) is 82.4 Å². The molecule has 1 aromatic carbocycles. The second-order valence-electron chi connectivity index (χ2n) is 7.35. The summed E-state index contributed by atoms with van der Waals surface area (Å²) in [5.41, 5.74) is 8.50. The molecule has 0 fully saturated rings. The number of benzene rings is 1. The van der Waals surface area contributed by atoms with Crippen LogP contribution in [0.2, 0.25) is 0 Å². The number of nitrogens with zero attached hydrogens (tertiary/aromatic N) is 3. The molecule has 0 aliphatic heterocycles. The van der Waals surface area contributed by atoms with Gasteiger partial charge < -0.3 is 5.73 Å². The van der Waals surface area contributed by atoms with E-state index >= 15 is 0 Å². The molecule has 2 rings (SSSR count). The maximum atomic E-state index is 6.02. The number of rotatable bonds is 13. The number of unbranched alkanes of at least 4 members (excludes halogenated alkanes) is 5. The van der Waals surface area contributed by atoms with Crippen molar-refractivity contribution in [1.82, 2.24) is 15.0 Å². The van der Waals surface area contributed by atoms with Gasteiger partial charge in [0, 0.05) is 24.7 Å². The molecule has 1 heterocycles. The lowest BCUT2D eigenvalue weighted by molar-refractivity contribution is 0.514. The van der Waals surface area contributed by atoms with E-state index in [1.54, 1.807) is 0 Å². The summed E-state index contributed by atoms with van der Waals surface area (Å²) < 4.78 is 1.98. The Morgan fingerprint density at radius 1 is 1.04 bits per heavy atom. The zero-order valence-corrected chi connectivity index (χ0v) is 16.5. The Balaban J connectivity index is 1.56. The molecule has 2 N–H and O–H groups in total. The minimum Gasteiger partial charge on any atom is -0.323 e. The van der Waals surface area contributed by atoms with Gasteiger partial charge in [0.25, 0.3) is 0 Å². The first-order chi connectivity index (χ1) is 12.7. The number of aryl methyl sites for hydroxylation is 2. The van der Waals surface area contributed by atoms with Crippen molar-refractivity contribution in [2.75, 3.05) is 0 Å². The van der Waals surface area contributed by atoms with Gasteiger partial charge in [-0.05, 0) is 38.2 Å². The second kappa shape index (κ2) is 11.8. The number of hydrogen-bond acceptors (Lipinski definition) is 3. The molecule has 0 saturated carbocycles. The van der Waals surface area contributed by atoms with Crippen molar-refractivity contribution in [1.29, 1.82) is 0 Å². The second-order valence-corrected chi connectivity index (χ2v) is 7.35. The minimum absolute atomic E-state index is 0.248. The van der Waals surface area contributed by atoms with Gasteiger partial charge in [0.05, 0.1) is 5.69 Å². The minimum atomic E-state index is 0.248. The summed E-state index contributed by atoms with van der Waals surface area (Å²) in [6.07, 6.45) is 13.1. The molecule has 4 nitrogen and oxygen atoms in total. The normalized spacial score (nSPS) is 12.6. The standard InChI is InChI=1S/C22H35N4/c1-3-13-21(19(2)23)22-18-26(25-24-22)17-12-7-5-4-6-9-14-20-15-10-8-11-16-20/h8,10-11,15-16,18,21H,3-7,9,12-14,17,23H2,1-2H3. The van der Waals surface area contributed by atoms with Crippen LogP contribution in [-0.4, -0.2) is 15.0 Å². The van der Waals surface area contributed by atoms with E-state index < -0.39 is 0 Å². The summed E-state index contributed by atoms with van der Waals surface area (Å²) in [5, 5.41) is 8.62. The molecule has 0 aliphatic rings. The van der Waals surface area contributed by atoms with Crippen LogP contribution in [0.3, 0.4) is 0 Å². The monoisotopic (exact) mass is 355 g/mol. The predicted octanol–water partition coefficient (Wildman–Crippen LogP) is 5.26. The Bertz CT molecular complexity index is 591. The van der Waals surface area contributed by atoms with Crippen molar-refractivity contribution in [3.8, 4) is 0 Å². The maximum absolute atomic E-state index is 6.02. The van der Waals surface area contributed by atoms with Gasteiger partial charge in [0.15, 0.2) is 0 Å². The van der Waals surface area contributed by atoms with Gasteiger partial charge in [-0.3, -0.25) is 4.68 Å². The van der Waals surface area contributed by atoms with Gasteiger partial charge in [-0.2, -0.15) is 0 Å². The molecule has 1 radical (unpaired) electrons. The van der Waals surface area contributed by atoms with Crippen LogP contribution in [0.4, 0.5) is 0 Å². The summed E-state index contributed by atoms with van der Waals surface area (Å²) >= 11 is 0. The maximum Gasteiger partial charge on any atom is 0.0876 e. The van der Waals surface area contributed by atoms with Crippen molar-refractivity contribution < 1.29 is 0 Å². The molecule has 2 aromatic rings. The van der Waals surface area contributed by atoms with E-state index in [4.69, 9.17) is 5.73 Å². The zero-order valence-electron chi connectivity index (χ0n) is 16.5. The van der Waals surface area contributed by atoms with Crippen LogP contribution in [0.15, 0.2) is 36.5 Å². The van der Waals surface area contributed by atoms with Gasteiger partial charge in [-0.15, -0.1) is 5.10 Å². The van der Waals surface area contributed by atoms with Gasteiger partial charge in [-0.25, -0.2) is 0 Å². The largest absolute Gasteiger partial charge is 0.323 e. The first-order valence-corrected chi connectivity index (χ1v) is 10.2. The number of hydrogen-bond donors (Lipinski definition) is 1. The molecule has 1 unspecified atom stereocenters. The van der Waals surface area contributed by atoms with Crippen LogP contribution < -0.4 is 5.73 Å². The molecule has 4 heteroatoms. The van der Waals surface area contributed by atoms with Crippen LogP contribution >= 0.6 is 0 Å². The average Bonchev–Trinajstić information content (AvgIpc) is 3.11. The van der Waals surface area contributed by atoms with Gasteiger partial charge >= 0.3 is 0 Å². The molecule has 0 saturated heterocycles. The lowest BCUT2D eigenvalue weighted by atomic mass is 9.94. The molecular formula is C22H35N4. The van der Waals surface area contributed by atoms with E-state index in [-0.39, 0.29) is 5.92 Å². The van der Waals surface area contributed by atoms with Crippen molar-refractivity contribution in [3.63, 3.8) is 0 Å². The Hall–Kier alpha value is -1.68. The Morgan fingerprint density at radius 3 is 2.42 bits per heavy atom. The Morgan fingerprint density at radius 2 is 1.73 bits per heavy atom. The summed E-state index contributed by atoms with van der Waals surface area (Å²) in [6, 6.07) is 11.7. The number of aromatic nitrogens is 3. The highest BCUT2D eigenvalue weighted by atomic mass is 15.4. The van der Waals surface area contributed by atoms with Gasteiger partial charge in [0.2, 0.25) is 0 Å². The molecule has 1 atom stereocenters. The lowest BCUT2D eigenvalue weighted by Gasteiger charge is -2.15. The molecular weight excluding hydrogens is 320 g/mol. The summed E-state index contributed by atoms with van der Waals surface area (Å²) in [7, 11) is 0. The van der Waals surface area contributed by atoms with Crippen molar-refractivity contribution >= 4 is 0 Å². The molecule has 26 heavy (non-hydrogen) atoms. The molecule has 0 spiro atoms. The first-order valence-electron chi connectivity index (χ1n) is 10.2. The highest BCUT2D eigenvalue weighted by molar-refractivity contribution is 5.14. The van der Waals surface area contributed by atoms with E-state index in [9.17, 15) is 0 Å². The Kier molecular flexibility index (Phi) is 9.40. The highest BCUT2D eigenvalue weighted by Gasteiger charge is 2.19. The third-order valence-corrected chi connectivity index (χ3v) is 4.99. The zero-order chi connectivity index (χ0) is 18.6. The molecule has 0 aliphatic carbocycles. The predicted molar refractivity (Wildman–Crippen MR) is 109 cm³/mol. The SMILES string of the molecule is CCCC([C](C)N)c1cn(CCCCCCCCc2ccccc2)nn1. The van der Waals surface area contributed by atoms with Crippen molar-refractivity contribution in [3.05, 3.63) is 53.8 Å². The van der Waals surface area contributed by atoms with Crippen molar-refractivity contribution in [2.45, 2.75) is 84.1 Å². The van der Waals surface area contributed by atoms with E-state index in [1.807, 2.05) is 11.6 Å². The van der Waals surface area contributed by atoms with Crippen LogP contribution in [-0.2, 0) is 13.0 Å². The smallest absolute Gasteiger partial charge is 0.0876 e.